The molecule has 3 N–H and O–H groups in total. The van der Waals surface area contributed by atoms with Crippen LogP contribution in [0.15, 0.2) is 48.8 Å². The standard InChI is InChI=1S/C20H22N4O3S/c25-20(23-24-28(26,27)16-9-5-2-6-10-16)17-11-15(14-7-3-1-4-8-14)12-18-19(17)22-13-21-18/h1,3-4,7-8,11-13,16,24H,2,5-6,9-10H2,(H,21,22)(H,23,25). The third-order valence-corrected chi connectivity index (χ3v) is 6.91. The number of amides is 1. The molecule has 7 nitrogen and oxygen atoms in total. The maximum atomic E-state index is 12.8. The number of aromatic amines is 1. The third-order valence-electron chi connectivity index (χ3n) is 5.17. The first-order chi connectivity index (χ1) is 13.5. The van der Waals surface area contributed by atoms with Crippen LogP contribution in [0.25, 0.3) is 22.2 Å². The van der Waals surface area contributed by atoms with Crippen molar-refractivity contribution >= 4 is 27.0 Å². The molecule has 0 bridgehead atoms. The molecule has 146 valence electrons. The summed E-state index contributed by atoms with van der Waals surface area (Å²) in [7, 11) is -3.60. The SMILES string of the molecule is O=C(NNS(=O)(=O)C1CCCCC1)c1cc(-c2ccccc2)cc2[nH]cnc12. The fourth-order valence-corrected chi connectivity index (χ4v) is 5.02. The summed E-state index contributed by atoms with van der Waals surface area (Å²) in [5.41, 5.74) is 5.68. The fraction of sp³-hybridized carbons (Fsp3) is 0.300. The molecule has 0 unspecified atom stereocenters. The number of carbonyl (C=O) groups is 1. The Morgan fingerprint density at radius 1 is 1.04 bits per heavy atom. The highest BCUT2D eigenvalue weighted by Crippen LogP contribution is 2.26. The molecule has 28 heavy (non-hydrogen) atoms. The summed E-state index contributed by atoms with van der Waals surface area (Å²) >= 11 is 0. The van der Waals surface area contributed by atoms with Crippen LogP contribution in [-0.4, -0.2) is 29.5 Å². The lowest BCUT2D eigenvalue weighted by Crippen LogP contribution is -2.46. The lowest BCUT2D eigenvalue weighted by Gasteiger charge is -2.22. The molecule has 0 atom stereocenters. The molecule has 0 aliphatic heterocycles. The Balaban J connectivity index is 1.59. The number of hydrogen-bond acceptors (Lipinski definition) is 4. The van der Waals surface area contributed by atoms with Gasteiger partial charge in [-0.2, -0.15) is 0 Å². The lowest BCUT2D eigenvalue weighted by molar-refractivity contribution is 0.0946. The molecule has 1 heterocycles. The van der Waals surface area contributed by atoms with Gasteiger partial charge < -0.3 is 4.98 Å². The second-order valence-corrected chi connectivity index (χ2v) is 9.01. The van der Waals surface area contributed by atoms with E-state index in [1.165, 1.54) is 6.33 Å². The number of carbonyl (C=O) groups excluding carboxylic acids is 1. The number of hydrazine groups is 1. The third kappa shape index (κ3) is 3.79. The summed E-state index contributed by atoms with van der Waals surface area (Å²) in [6, 6.07) is 13.3. The molecule has 4 rings (SSSR count). The van der Waals surface area contributed by atoms with E-state index in [-0.39, 0.29) is 0 Å². The Hall–Kier alpha value is -2.71. The summed E-state index contributed by atoms with van der Waals surface area (Å²) in [6.07, 6.45) is 5.61. The number of nitrogens with zero attached hydrogens (tertiary/aromatic N) is 1. The van der Waals surface area contributed by atoms with Gasteiger partial charge in [-0.25, -0.2) is 13.4 Å². The van der Waals surface area contributed by atoms with Gasteiger partial charge in [-0.05, 0) is 36.1 Å². The van der Waals surface area contributed by atoms with Crippen LogP contribution < -0.4 is 10.3 Å². The maximum absolute atomic E-state index is 12.8. The first-order valence-electron chi connectivity index (χ1n) is 9.38. The van der Waals surface area contributed by atoms with E-state index in [1.807, 2.05) is 36.4 Å². The molecule has 1 aromatic heterocycles. The van der Waals surface area contributed by atoms with E-state index < -0.39 is 21.2 Å². The molecule has 0 spiro atoms. The lowest BCUT2D eigenvalue weighted by atomic mass is 10.0. The monoisotopic (exact) mass is 398 g/mol. The van der Waals surface area contributed by atoms with Gasteiger partial charge in [0, 0.05) is 0 Å². The summed E-state index contributed by atoms with van der Waals surface area (Å²) in [6.45, 7) is 0. The topological polar surface area (TPSA) is 104 Å². The number of fused-ring (bicyclic) bond motifs is 1. The Morgan fingerprint density at radius 3 is 2.54 bits per heavy atom. The van der Waals surface area contributed by atoms with Gasteiger partial charge in [0.25, 0.3) is 5.91 Å². The van der Waals surface area contributed by atoms with Gasteiger partial charge in [-0.1, -0.05) is 49.6 Å². The minimum Gasteiger partial charge on any atom is -0.345 e. The van der Waals surface area contributed by atoms with Crippen LogP contribution in [0.1, 0.15) is 42.5 Å². The second-order valence-electron chi connectivity index (χ2n) is 7.05. The summed E-state index contributed by atoms with van der Waals surface area (Å²) < 4.78 is 25.0. The van der Waals surface area contributed by atoms with Gasteiger partial charge in [0.2, 0.25) is 10.0 Å². The van der Waals surface area contributed by atoms with E-state index in [4.69, 9.17) is 0 Å². The fourth-order valence-electron chi connectivity index (χ4n) is 3.66. The largest absolute Gasteiger partial charge is 0.345 e. The van der Waals surface area contributed by atoms with Crippen LogP contribution in [0.5, 0.6) is 0 Å². The smallest absolute Gasteiger partial charge is 0.268 e. The van der Waals surface area contributed by atoms with E-state index in [0.717, 1.165) is 30.4 Å². The normalized spacial score (nSPS) is 15.6. The molecule has 3 aromatic rings. The number of aromatic nitrogens is 2. The van der Waals surface area contributed by atoms with Gasteiger partial charge in [0.15, 0.2) is 0 Å². The average molecular weight is 398 g/mol. The van der Waals surface area contributed by atoms with E-state index in [2.05, 4.69) is 20.2 Å². The number of hydrogen-bond donors (Lipinski definition) is 3. The van der Waals surface area contributed by atoms with Crippen molar-refractivity contribution in [3.05, 3.63) is 54.4 Å². The minimum absolute atomic E-state index is 0.309. The van der Waals surface area contributed by atoms with Crippen LogP contribution in [0.4, 0.5) is 0 Å². The Labute approximate surface area is 163 Å². The first-order valence-corrected chi connectivity index (χ1v) is 10.9. The van der Waals surface area contributed by atoms with Crippen LogP contribution in [0.2, 0.25) is 0 Å². The molecule has 1 saturated carbocycles. The number of H-pyrrole nitrogens is 1. The minimum atomic E-state index is -3.60. The molecule has 1 fully saturated rings. The van der Waals surface area contributed by atoms with Crippen LogP contribution in [0, 0.1) is 0 Å². The van der Waals surface area contributed by atoms with Gasteiger partial charge >= 0.3 is 0 Å². The van der Waals surface area contributed by atoms with E-state index >= 15 is 0 Å². The van der Waals surface area contributed by atoms with Gasteiger partial charge in [-0.15, -0.1) is 4.83 Å². The zero-order valence-electron chi connectivity index (χ0n) is 15.3. The zero-order chi connectivity index (χ0) is 19.6. The maximum Gasteiger partial charge on any atom is 0.268 e. The van der Waals surface area contributed by atoms with Crippen molar-refractivity contribution in [3.8, 4) is 11.1 Å². The predicted octanol–water partition coefficient (Wildman–Crippen LogP) is 3.13. The number of rotatable bonds is 5. The molecule has 0 radical (unpaired) electrons. The van der Waals surface area contributed by atoms with Crippen molar-refractivity contribution < 1.29 is 13.2 Å². The van der Waals surface area contributed by atoms with Crippen molar-refractivity contribution in [1.82, 2.24) is 20.2 Å². The Morgan fingerprint density at radius 2 is 1.79 bits per heavy atom. The van der Waals surface area contributed by atoms with Crippen molar-refractivity contribution in [2.24, 2.45) is 0 Å². The number of imidazole rings is 1. The number of sulfonamides is 1. The van der Waals surface area contributed by atoms with E-state index in [1.54, 1.807) is 6.07 Å². The van der Waals surface area contributed by atoms with Crippen LogP contribution >= 0.6 is 0 Å². The van der Waals surface area contributed by atoms with Crippen molar-refractivity contribution in [3.63, 3.8) is 0 Å². The summed E-state index contributed by atoms with van der Waals surface area (Å²) in [4.78, 5) is 22.3. The molecule has 1 aliphatic rings. The highest BCUT2D eigenvalue weighted by molar-refractivity contribution is 7.90. The molecular formula is C20H22N4O3S. The van der Waals surface area contributed by atoms with Gasteiger partial charge in [0.1, 0.15) is 5.52 Å². The second kappa shape index (κ2) is 7.73. The van der Waals surface area contributed by atoms with Crippen molar-refractivity contribution in [2.75, 3.05) is 0 Å². The molecule has 1 aliphatic carbocycles. The average Bonchev–Trinajstić information content (AvgIpc) is 3.21. The Bertz CT molecular complexity index is 1090. The number of benzene rings is 2. The first kappa shape index (κ1) is 18.6. The summed E-state index contributed by atoms with van der Waals surface area (Å²) in [5, 5.41) is -0.456. The van der Waals surface area contributed by atoms with E-state index in [0.29, 0.717) is 29.4 Å². The van der Waals surface area contributed by atoms with Crippen LogP contribution in [-0.2, 0) is 10.0 Å². The number of nitrogens with one attached hydrogen (secondary N) is 3. The highest BCUT2D eigenvalue weighted by Gasteiger charge is 2.28. The zero-order valence-corrected chi connectivity index (χ0v) is 16.1. The molecule has 2 aromatic carbocycles. The Kier molecular flexibility index (Phi) is 5.15. The van der Waals surface area contributed by atoms with Crippen molar-refractivity contribution in [1.29, 1.82) is 0 Å². The highest BCUT2D eigenvalue weighted by atomic mass is 32.2. The van der Waals surface area contributed by atoms with Gasteiger partial charge in [-0.3, -0.25) is 10.2 Å². The molecular weight excluding hydrogens is 376 g/mol. The van der Waals surface area contributed by atoms with Gasteiger partial charge in [0.05, 0.1) is 22.7 Å². The van der Waals surface area contributed by atoms with E-state index in [9.17, 15) is 13.2 Å². The van der Waals surface area contributed by atoms with Crippen LogP contribution in [0.3, 0.4) is 0 Å². The summed E-state index contributed by atoms with van der Waals surface area (Å²) in [5.74, 6) is -0.533. The molecule has 8 heteroatoms. The quantitative estimate of drug-likeness (QED) is 0.574. The predicted molar refractivity (Wildman–Crippen MR) is 108 cm³/mol. The molecule has 0 saturated heterocycles. The van der Waals surface area contributed by atoms with Crippen molar-refractivity contribution in [2.45, 2.75) is 37.4 Å². The molecule has 1 amide bonds.